The molecule has 1 rings (SSSR count). The van der Waals surface area contributed by atoms with E-state index in [1.165, 1.54) is 32.0 Å². The van der Waals surface area contributed by atoms with Gasteiger partial charge >= 0.3 is 0 Å². The Kier molecular flexibility index (Phi) is 3.30. The second-order valence-electron chi connectivity index (χ2n) is 4.06. The third-order valence-electron chi connectivity index (χ3n) is 3.64. The summed E-state index contributed by atoms with van der Waals surface area (Å²) in [5.74, 6) is 0.661. The molecule has 1 nitrogen and oxygen atoms in total. The number of rotatable bonds is 3. The zero-order chi connectivity index (χ0) is 9.03. The Morgan fingerprint density at radius 3 is 2.58 bits per heavy atom. The van der Waals surface area contributed by atoms with Crippen LogP contribution in [0, 0.1) is 11.3 Å². The maximum Gasteiger partial charge on any atom is 0.126 e. The fourth-order valence-corrected chi connectivity index (χ4v) is 2.65. The Bertz CT molecular complexity index is 153. The molecule has 1 fully saturated rings. The van der Waals surface area contributed by atoms with Crippen LogP contribution in [0.4, 0.5) is 0 Å². The van der Waals surface area contributed by atoms with E-state index in [1.807, 2.05) is 0 Å². The minimum atomic E-state index is 0.0486. The van der Waals surface area contributed by atoms with E-state index in [0.717, 1.165) is 12.8 Å². The standard InChI is InChI=1S/C11H20O/c1-3-10-7-5-6-8-11(10,4-2)9-12/h9-10H,3-8H2,1-2H3. The van der Waals surface area contributed by atoms with Gasteiger partial charge in [0.05, 0.1) is 0 Å². The molecule has 0 amide bonds. The first-order chi connectivity index (χ1) is 5.79. The van der Waals surface area contributed by atoms with Crippen LogP contribution < -0.4 is 0 Å². The smallest absolute Gasteiger partial charge is 0.126 e. The molecule has 0 aromatic heterocycles. The molecule has 1 heteroatoms. The lowest BCUT2D eigenvalue weighted by molar-refractivity contribution is -0.121. The largest absolute Gasteiger partial charge is 0.303 e. The van der Waals surface area contributed by atoms with Gasteiger partial charge in [-0.05, 0) is 25.2 Å². The Morgan fingerprint density at radius 1 is 1.42 bits per heavy atom. The predicted molar refractivity (Wildman–Crippen MR) is 51.0 cm³/mol. The molecule has 0 spiro atoms. The van der Waals surface area contributed by atoms with Crippen molar-refractivity contribution < 1.29 is 4.79 Å². The van der Waals surface area contributed by atoms with E-state index in [9.17, 15) is 4.79 Å². The van der Waals surface area contributed by atoms with Gasteiger partial charge in [-0.3, -0.25) is 0 Å². The van der Waals surface area contributed by atoms with Crippen LogP contribution in [0.1, 0.15) is 52.4 Å². The molecule has 70 valence electrons. The van der Waals surface area contributed by atoms with Gasteiger partial charge in [0.2, 0.25) is 0 Å². The second kappa shape index (κ2) is 4.06. The van der Waals surface area contributed by atoms with Crippen LogP contribution in [0.25, 0.3) is 0 Å². The first-order valence-corrected chi connectivity index (χ1v) is 5.25. The number of carbonyl (C=O) groups excluding carboxylic acids is 1. The first kappa shape index (κ1) is 9.76. The number of aldehydes is 1. The minimum Gasteiger partial charge on any atom is -0.303 e. The molecule has 1 saturated carbocycles. The van der Waals surface area contributed by atoms with Crippen molar-refractivity contribution >= 4 is 6.29 Å². The summed E-state index contributed by atoms with van der Waals surface area (Å²) in [6.07, 6.45) is 8.42. The van der Waals surface area contributed by atoms with Crippen LogP contribution in [0.5, 0.6) is 0 Å². The summed E-state index contributed by atoms with van der Waals surface area (Å²) in [5.41, 5.74) is 0.0486. The molecule has 0 aromatic rings. The van der Waals surface area contributed by atoms with Gasteiger partial charge in [-0.25, -0.2) is 0 Å². The Hall–Kier alpha value is -0.330. The molecule has 0 radical (unpaired) electrons. The maximum atomic E-state index is 11.1. The molecule has 2 atom stereocenters. The molecule has 12 heavy (non-hydrogen) atoms. The van der Waals surface area contributed by atoms with Gasteiger partial charge in [-0.2, -0.15) is 0 Å². The lowest BCUT2D eigenvalue weighted by Crippen LogP contribution is -2.34. The maximum absolute atomic E-state index is 11.1. The lowest BCUT2D eigenvalue weighted by atomic mass is 9.65. The van der Waals surface area contributed by atoms with Gasteiger partial charge in [0.25, 0.3) is 0 Å². The summed E-state index contributed by atoms with van der Waals surface area (Å²) in [6.45, 7) is 4.37. The fourth-order valence-electron chi connectivity index (χ4n) is 2.65. The molecular weight excluding hydrogens is 148 g/mol. The van der Waals surface area contributed by atoms with E-state index >= 15 is 0 Å². The molecular formula is C11H20O. The van der Waals surface area contributed by atoms with Crippen molar-refractivity contribution in [2.75, 3.05) is 0 Å². The molecule has 0 N–H and O–H groups in total. The Morgan fingerprint density at radius 2 is 2.17 bits per heavy atom. The number of hydrogen-bond donors (Lipinski definition) is 0. The summed E-state index contributed by atoms with van der Waals surface area (Å²) >= 11 is 0. The summed E-state index contributed by atoms with van der Waals surface area (Å²) in [4.78, 5) is 11.1. The Labute approximate surface area is 75.5 Å². The van der Waals surface area contributed by atoms with Gasteiger partial charge in [0.15, 0.2) is 0 Å². The van der Waals surface area contributed by atoms with E-state index in [-0.39, 0.29) is 5.41 Å². The van der Waals surface area contributed by atoms with Gasteiger partial charge < -0.3 is 4.79 Å². The predicted octanol–water partition coefficient (Wildman–Crippen LogP) is 3.18. The summed E-state index contributed by atoms with van der Waals surface area (Å²) in [6, 6.07) is 0. The van der Waals surface area contributed by atoms with E-state index in [2.05, 4.69) is 13.8 Å². The molecule has 1 aliphatic rings. The summed E-state index contributed by atoms with van der Waals surface area (Å²) in [5, 5.41) is 0. The van der Waals surface area contributed by atoms with Gasteiger partial charge in [0, 0.05) is 5.41 Å². The number of hydrogen-bond acceptors (Lipinski definition) is 1. The van der Waals surface area contributed by atoms with Crippen LogP contribution in [-0.2, 0) is 4.79 Å². The van der Waals surface area contributed by atoms with Gasteiger partial charge in [-0.1, -0.05) is 33.1 Å². The highest BCUT2D eigenvalue weighted by molar-refractivity contribution is 5.60. The molecule has 0 aliphatic heterocycles. The van der Waals surface area contributed by atoms with Gasteiger partial charge in [-0.15, -0.1) is 0 Å². The molecule has 0 saturated heterocycles. The third-order valence-corrected chi connectivity index (χ3v) is 3.64. The van der Waals surface area contributed by atoms with Gasteiger partial charge in [0.1, 0.15) is 6.29 Å². The lowest BCUT2D eigenvalue weighted by Gasteiger charge is -2.39. The van der Waals surface area contributed by atoms with Crippen molar-refractivity contribution in [2.45, 2.75) is 52.4 Å². The van der Waals surface area contributed by atoms with Crippen molar-refractivity contribution in [3.05, 3.63) is 0 Å². The van der Waals surface area contributed by atoms with Crippen molar-refractivity contribution in [2.24, 2.45) is 11.3 Å². The van der Waals surface area contributed by atoms with Crippen molar-refractivity contribution in [1.29, 1.82) is 0 Å². The van der Waals surface area contributed by atoms with Crippen LogP contribution in [-0.4, -0.2) is 6.29 Å². The highest BCUT2D eigenvalue weighted by Crippen LogP contribution is 2.43. The minimum absolute atomic E-state index is 0.0486. The van der Waals surface area contributed by atoms with Crippen molar-refractivity contribution in [3.63, 3.8) is 0 Å². The van der Waals surface area contributed by atoms with Crippen molar-refractivity contribution in [1.82, 2.24) is 0 Å². The van der Waals surface area contributed by atoms with E-state index in [4.69, 9.17) is 0 Å². The van der Waals surface area contributed by atoms with E-state index in [1.54, 1.807) is 0 Å². The highest BCUT2D eigenvalue weighted by Gasteiger charge is 2.37. The first-order valence-electron chi connectivity index (χ1n) is 5.25. The zero-order valence-electron chi connectivity index (χ0n) is 8.31. The number of carbonyl (C=O) groups is 1. The van der Waals surface area contributed by atoms with Crippen LogP contribution in [0.2, 0.25) is 0 Å². The van der Waals surface area contributed by atoms with Crippen molar-refractivity contribution in [3.8, 4) is 0 Å². The average molecular weight is 168 g/mol. The average Bonchev–Trinajstić information content (AvgIpc) is 2.17. The quantitative estimate of drug-likeness (QED) is 0.591. The second-order valence-corrected chi connectivity index (χ2v) is 4.06. The van der Waals surface area contributed by atoms with Crippen LogP contribution in [0.3, 0.4) is 0 Å². The highest BCUT2D eigenvalue weighted by atomic mass is 16.1. The monoisotopic (exact) mass is 168 g/mol. The fraction of sp³-hybridized carbons (Fsp3) is 0.909. The summed E-state index contributed by atoms with van der Waals surface area (Å²) < 4.78 is 0. The molecule has 0 aromatic carbocycles. The topological polar surface area (TPSA) is 17.1 Å². The Balaban J connectivity index is 2.72. The SMILES string of the molecule is CCC1CCCCC1(C=O)CC. The van der Waals surface area contributed by atoms with E-state index < -0.39 is 0 Å². The normalized spacial score (nSPS) is 36.3. The third kappa shape index (κ3) is 1.55. The molecule has 1 aliphatic carbocycles. The molecule has 2 unspecified atom stereocenters. The zero-order valence-corrected chi connectivity index (χ0v) is 8.31. The summed E-state index contributed by atoms with van der Waals surface area (Å²) in [7, 11) is 0. The van der Waals surface area contributed by atoms with Crippen LogP contribution >= 0.6 is 0 Å². The molecule has 0 heterocycles. The van der Waals surface area contributed by atoms with Crippen LogP contribution in [0.15, 0.2) is 0 Å². The van der Waals surface area contributed by atoms with E-state index in [0.29, 0.717) is 5.92 Å². The molecule has 0 bridgehead atoms.